The van der Waals surface area contributed by atoms with Gasteiger partial charge >= 0.3 is 19.8 Å². The van der Waals surface area contributed by atoms with Crippen molar-refractivity contribution in [1.82, 2.24) is 0 Å². The minimum absolute atomic E-state index is 0.0374. The molecule has 0 spiro atoms. The summed E-state index contributed by atoms with van der Waals surface area (Å²) in [6.07, 6.45) is 56.0. The zero-order valence-electron chi connectivity index (χ0n) is 45.4. The van der Waals surface area contributed by atoms with E-state index < -0.39 is 26.5 Å². The Kier molecular flexibility index (Phi) is 49.2. The molecule has 9 nitrogen and oxygen atoms in total. The van der Waals surface area contributed by atoms with Gasteiger partial charge in [0, 0.05) is 12.8 Å². The van der Waals surface area contributed by atoms with Gasteiger partial charge in [-0.25, -0.2) is 4.57 Å². The Labute approximate surface area is 416 Å². The van der Waals surface area contributed by atoms with Crippen molar-refractivity contribution in [1.29, 1.82) is 0 Å². The monoisotopic (exact) mass is 973 g/mol. The van der Waals surface area contributed by atoms with Gasteiger partial charge in [0.15, 0.2) is 6.10 Å². The van der Waals surface area contributed by atoms with Gasteiger partial charge in [0.25, 0.3) is 0 Å². The van der Waals surface area contributed by atoms with Crippen LogP contribution in [0.25, 0.3) is 0 Å². The van der Waals surface area contributed by atoms with E-state index in [9.17, 15) is 19.0 Å². The van der Waals surface area contributed by atoms with E-state index in [1.807, 2.05) is 21.1 Å². The van der Waals surface area contributed by atoms with E-state index in [1.165, 1.54) is 238 Å². The van der Waals surface area contributed by atoms with Crippen LogP contribution in [0.5, 0.6) is 0 Å². The SMILES string of the molecule is CCCCCCCCCCCCCCCCCCCCCCCCCC(=O)OC(COC(=O)CCCCCCCCCCCCCCCCCCCCCC)COP(=O)(O)OCC[N+](C)(C)C. The zero-order valence-corrected chi connectivity index (χ0v) is 46.3. The summed E-state index contributed by atoms with van der Waals surface area (Å²) in [6.45, 7) is 4.51. The molecule has 0 aromatic rings. The maximum atomic E-state index is 12.8. The van der Waals surface area contributed by atoms with E-state index in [2.05, 4.69) is 13.8 Å². The number of unbranched alkanes of at least 4 members (excludes halogenated alkanes) is 41. The Hall–Kier alpha value is -0.990. The van der Waals surface area contributed by atoms with Gasteiger partial charge in [-0.15, -0.1) is 0 Å². The lowest BCUT2D eigenvalue weighted by molar-refractivity contribution is -0.870. The van der Waals surface area contributed by atoms with Crippen molar-refractivity contribution in [2.24, 2.45) is 0 Å². The van der Waals surface area contributed by atoms with E-state index in [1.54, 1.807) is 0 Å². The Morgan fingerprint density at radius 3 is 0.955 bits per heavy atom. The van der Waals surface area contributed by atoms with Crippen LogP contribution in [-0.4, -0.2) is 74.9 Å². The molecule has 0 radical (unpaired) electrons. The number of nitrogens with zero attached hydrogens (tertiary/aromatic N) is 1. The summed E-state index contributed by atoms with van der Waals surface area (Å²) < 4.78 is 34.6. The van der Waals surface area contributed by atoms with Crippen LogP contribution in [0.1, 0.15) is 303 Å². The number of rotatable bonds is 55. The number of phosphoric ester groups is 1. The number of carbonyl (C=O) groups excluding carboxylic acids is 2. The Morgan fingerprint density at radius 2 is 0.672 bits per heavy atom. The summed E-state index contributed by atoms with van der Waals surface area (Å²) in [4.78, 5) is 35.7. The highest BCUT2D eigenvalue weighted by atomic mass is 31.2. The van der Waals surface area contributed by atoms with E-state index in [0.717, 1.165) is 38.5 Å². The molecule has 400 valence electrons. The molecule has 2 unspecified atom stereocenters. The number of carbonyl (C=O) groups is 2. The van der Waals surface area contributed by atoms with Gasteiger partial charge in [-0.2, -0.15) is 0 Å². The Morgan fingerprint density at radius 1 is 0.403 bits per heavy atom. The van der Waals surface area contributed by atoms with Crippen molar-refractivity contribution in [3.8, 4) is 0 Å². The summed E-state index contributed by atoms with van der Waals surface area (Å²) in [5.74, 6) is -0.773. The number of hydrogen-bond donors (Lipinski definition) is 1. The maximum Gasteiger partial charge on any atom is 0.472 e. The minimum Gasteiger partial charge on any atom is -0.462 e. The lowest BCUT2D eigenvalue weighted by Gasteiger charge is -2.24. The molecule has 0 aliphatic heterocycles. The Bertz CT molecular complexity index is 1100. The normalized spacial score (nSPS) is 13.2. The largest absolute Gasteiger partial charge is 0.472 e. The number of likely N-dealkylation sites (N-methyl/N-ethyl adjacent to an activating group) is 1. The molecule has 0 aromatic carbocycles. The standard InChI is InChI=1S/C57H114NO8P/c1-6-8-10-12-14-16-18-20-22-24-26-28-29-30-32-34-36-38-40-42-44-46-48-50-57(60)66-55(54-65-67(61,62)64-52-51-58(3,4)5)53-63-56(59)49-47-45-43-41-39-37-35-33-31-27-25-23-21-19-17-15-13-11-9-7-2/h55H,6-54H2,1-5H3/p+1. The first-order chi connectivity index (χ1) is 32.5. The van der Waals surface area contributed by atoms with Crippen LogP contribution in [0.4, 0.5) is 0 Å². The smallest absolute Gasteiger partial charge is 0.462 e. The van der Waals surface area contributed by atoms with Crippen molar-refractivity contribution in [2.45, 2.75) is 309 Å². The first-order valence-electron chi connectivity index (χ1n) is 29.3. The summed E-state index contributed by atoms with van der Waals surface area (Å²) in [5.41, 5.74) is 0. The fourth-order valence-electron chi connectivity index (χ4n) is 8.84. The summed E-state index contributed by atoms with van der Waals surface area (Å²) in [6, 6.07) is 0. The second-order valence-electron chi connectivity index (χ2n) is 21.4. The third kappa shape index (κ3) is 54.2. The fraction of sp³-hybridized carbons (Fsp3) is 0.965. The molecule has 1 N–H and O–H groups in total. The lowest BCUT2D eigenvalue weighted by Crippen LogP contribution is -2.37. The maximum absolute atomic E-state index is 12.8. The number of esters is 2. The van der Waals surface area contributed by atoms with E-state index in [0.29, 0.717) is 17.4 Å². The van der Waals surface area contributed by atoms with Crippen molar-refractivity contribution >= 4 is 19.8 Å². The van der Waals surface area contributed by atoms with Gasteiger partial charge in [-0.1, -0.05) is 277 Å². The third-order valence-corrected chi connectivity index (χ3v) is 14.4. The molecule has 67 heavy (non-hydrogen) atoms. The second kappa shape index (κ2) is 50.0. The molecule has 0 bridgehead atoms. The highest BCUT2D eigenvalue weighted by molar-refractivity contribution is 7.47. The molecular formula is C57H115NO8P+. The van der Waals surface area contributed by atoms with Crippen LogP contribution in [0.2, 0.25) is 0 Å². The average Bonchev–Trinajstić information content (AvgIpc) is 3.29. The van der Waals surface area contributed by atoms with Crippen LogP contribution in [-0.2, 0) is 32.7 Å². The molecule has 0 saturated carbocycles. The highest BCUT2D eigenvalue weighted by Crippen LogP contribution is 2.43. The van der Waals surface area contributed by atoms with Crippen LogP contribution in [0.15, 0.2) is 0 Å². The van der Waals surface area contributed by atoms with Gasteiger partial charge in [-0.05, 0) is 12.8 Å². The third-order valence-electron chi connectivity index (χ3n) is 13.4. The Balaban J connectivity index is 4.10. The molecule has 0 aromatic heterocycles. The quantitative estimate of drug-likeness (QED) is 0.0278. The van der Waals surface area contributed by atoms with Gasteiger partial charge in [0.1, 0.15) is 19.8 Å². The number of quaternary nitrogens is 1. The number of ether oxygens (including phenoxy) is 2. The fourth-order valence-corrected chi connectivity index (χ4v) is 9.58. The summed E-state index contributed by atoms with van der Waals surface area (Å²) >= 11 is 0. The van der Waals surface area contributed by atoms with Crippen LogP contribution >= 0.6 is 7.82 Å². The van der Waals surface area contributed by atoms with Crippen LogP contribution in [0.3, 0.4) is 0 Å². The molecule has 2 atom stereocenters. The van der Waals surface area contributed by atoms with Gasteiger partial charge in [0.2, 0.25) is 0 Å². The zero-order chi connectivity index (χ0) is 49.2. The summed E-state index contributed by atoms with van der Waals surface area (Å²) in [7, 11) is 1.50. The van der Waals surface area contributed by atoms with Crippen molar-refractivity contribution in [3.63, 3.8) is 0 Å². The molecule has 0 heterocycles. The number of hydrogen-bond acceptors (Lipinski definition) is 7. The van der Waals surface area contributed by atoms with Gasteiger partial charge in [-0.3, -0.25) is 18.6 Å². The van der Waals surface area contributed by atoms with Gasteiger partial charge < -0.3 is 18.9 Å². The van der Waals surface area contributed by atoms with Crippen molar-refractivity contribution in [2.75, 3.05) is 47.5 Å². The van der Waals surface area contributed by atoms with Gasteiger partial charge in [0.05, 0.1) is 27.7 Å². The molecule has 0 amide bonds. The second-order valence-corrected chi connectivity index (χ2v) is 22.9. The van der Waals surface area contributed by atoms with E-state index >= 15 is 0 Å². The highest BCUT2D eigenvalue weighted by Gasteiger charge is 2.27. The lowest BCUT2D eigenvalue weighted by atomic mass is 10.0. The van der Waals surface area contributed by atoms with E-state index in [4.69, 9.17) is 18.5 Å². The molecular weight excluding hydrogens is 858 g/mol. The summed E-state index contributed by atoms with van der Waals surface area (Å²) in [5, 5.41) is 0. The van der Waals surface area contributed by atoms with Crippen molar-refractivity contribution < 1.29 is 42.1 Å². The van der Waals surface area contributed by atoms with Crippen molar-refractivity contribution in [3.05, 3.63) is 0 Å². The molecule has 0 fully saturated rings. The minimum atomic E-state index is -4.38. The van der Waals surface area contributed by atoms with Crippen LogP contribution < -0.4 is 0 Å². The predicted octanol–water partition coefficient (Wildman–Crippen LogP) is 17.9. The molecule has 0 aliphatic rings. The molecule has 0 saturated heterocycles. The van der Waals surface area contributed by atoms with E-state index in [-0.39, 0.29) is 25.6 Å². The first kappa shape index (κ1) is 66.0. The first-order valence-corrected chi connectivity index (χ1v) is 30.8. The molecule has 10 heteroatoms. The molecule has 0 aliphatic carbocycles. The topological polar surface area (TPSA) is 108 Å². The number of phosphoric acid groups is 1. The van der Waals surface area contributed by atoms with Crippen LogP contribution in [0, 0.1) is 0 Å². The molecule has 0 rings (SSSR count). The average molecular weight is 974 g/mol. The predicted molar refractivity (Wildman–Crippen MR) is 285 cm³/mol.